The lowest BCUT2D eigenvalue weighted by Crippen LogP contribution is -2.33. The first-order valence-electron chi connectivity index (χ1n) is 7.75. The van der Waals surface area contributed by atoms with Gasteiger partial charge in [-0.05, 0) is 23.8 Å². The second-order valence-electron chi connectivity index (χ2n) is 5.43. The normalized spacial score (nSPS) is 11.8. The van der Waals surface area contributed by atoms with Crippen molar-refractivity contribution in [3.63, 3.8) is 0 Å². The third kappa shape index (κ3) is 4.53. The van der Waals surface area contributed by atoms with Gasteiger partial charge in [0.15, 0.2) is 6.61 Å². The molecule has 0 spiro atoms. The Kier molecular flexibility index (Phi) is 5.75. The molecule has 0 saturated carbocycles. The van der Waals surface area contributed by atoms with Crippen molar-refractivity contribution in [2.75, 3.05) is 6.61 Å². The molecule has 3 rings (SSSR count). The molecule has 8 heteroatoms. The van der Waals surface area contributed by atoms with Crippen LogP contribution in [0.4, 0.5) is 0 Å². The van der Waals surface area contributed by atoms with E-state index < -0.39 is 6.04 Å². The number of ether oxygens (including phenoxy) is 1. The minimum absolute atomic E-state index is 0.224. The molecule has 0 fully saturated rings. The third-order valence-electron chi connectivity index (χ3n) is 3.48. The molecule has 0 aliphatic heterocycles. The van der Waals surface area contributed by atoms with E-state index in [-0.39, 0.29) is 12.5 Å². The summed E-state index contributed by atoms with van der Waals surface area (Å²) in [6.07, 6.45) is 0. The number of rotatable bonds is 6. The molecule has 26 heavy (non-hydrogen) atoms. The lowest BCUT2D eigenvalue weighted by atomic mass is 10.1. The zero-order chi connectivity index (χ0) is 18.5. The Balaban J connectivity index is 1.71. The number of aryl methyl sites for hydroxylation is 1. The number of hydrogen-bond donors (Lipinski definition) is 1. The summed E-state index contributed by atoms with van der Waals surface area (Å²) in [5.41, 5.74) is 0.814. The van der Waals surface area contributed by atoms with Crippen LogP contribution >= 0.6 is 23.2 Å². The van der Waals surface area contributed by atoms with Crippen molar-refractivity contribution in [3.05, 3.63) is 75.9 Å². The van der Waals surface area contributed by atoms with Gasteiger partial charge in [0.05, 0.1) is 5.02 Å². The van der Waals surface area contributed by atoms with Crippen LogP contribution in [0.15, 0.2) is 52.9 Å². The predicted octanol–water partition coefficient (Wildman–Crippen LogP) is 3.97. The molecule has 0 bridgehead atoms. The van der Waals surface area contributed by atoms with Gasteiger partial charge < -0.3 is 14.5 Å². The maximum atomic E-state index is 12.4. The fraction of sp³-hybridized carbons (Fsp3) is 0.167. The molecule has 1 N–H and O–H groups in total. The second-order valence-corrected chi connectivity index (χ2v) is 6.28. The van der Waals surface area contributed by atoms with Crippen LogP contribution in [-0.4, -0.2) is 22.7 Å². The van der Waals surface area contributed by atoms with Crippen LogP contribution in [0.1, 0.15) is 23.4 Å². The highest BCUT2D eigenvalue weighted by molar-refractivity contribution is 6.35. The van der Waals surface area contributed by atoms with Crippen molar-refractivity contribution < 1.29 is 13.9 Å². The molecule has 0 aliphatic carbocycles. The van der Waals surface area contributed by atoms with Gasteiger partial charge >= 0.3 is 0 Å². The first-order valence-corrected chi connectivity index (χ1v) is 8.50. The monoisotopic (exact) mass is 391 g/mol. The largest absolute Gasteiger partial charge is 0.482 e. The molecular weight excluding hydrogens is 377 g/mol. The van der Waals surface area contributed by atoms with E-state index in [1.54, 1.807) is 25.1 Å². The quantitative estimate of drug-likeness (QED) is 0.687. The molecule has 134 valence electrons. The Hall–Kier alpha value is -2.57. The average Bonchev–Trinajstić information content (AvgIpc) is 3.06. The van der Waals surface area contributed by atoms with E-state index in [4.69, 9.17) is 32.4 Å². The number of aromatic nitrogens is 2. The van der Waals surface area contributed by atoms with E-state index in [0.717, 1.165) is 5.56 Å². The van der Waals surface area contributed by atoms with Gasteiger partial charge in [-0.15, -0.1) is 10.2 Å². The molecule has 1 amide bonds. The van der Waals surface area contributed by atoms with Crippen molar-refractivity contribution in [1.29, 1.82) is 0 Å². The van der Waals surface area contributed by atoms with E-state index in [9.17, 15) is 4.79 Å². The SMILES string of the molecule is Cc1nnc(C(NC(=O)COc2ccc(Cl)cc2Cl)c2ccccc2)o1. The summed E-state index contributed by atoms with van der Waals surface area (Å²) in [4.78, 5) is 12.4. The number of benzene rings is 2. The van der Waals surface area contributed by atoms with Crippen molar-refractivity contribution in [1.82, 2.24) is 15.5 Å². The van der Waals surface area contributed by atoms with Gasteiger partial charge in [-0.3, -0.25) is 4.79 Å². The second kappa shape index (κ2) is 8.21. The van der Waals surface area contributed by atoms with E-state index >= 15 is 0 Å². The minimum Gasteiger partial charge on any atom is -0.482 e. The van der Waals surface area contributed by atoms with Crippen LogP contribution < -0.4 is 10.1 Å². The van der Waals surface area contributed by atoms with E-state index in [1.165, 1.54) is 0 Å². The highest BCUT2D eigenvalue weighted by Crippen LogP contribution is 2.27. The standard InChI is InChI=1S/C18H15Cl2N3O3/c1-11-22-23-18(26-11)17(12-5-3-2-4-6-12)21-16(24)10-25-15-8-7-13(19)9-14(15)20/h2-9,17H,10H2,1H3,(H,21,24). The van der Waals surface area contributed by atoms with Crippen LogP contribution in [-0.2, 0) is 4.79 Å². The first-order chi connectivity index (χ1) is 12.5. The average molecular weight is 392 g/mol. The predicted molar refractivity (Wildman–Crippen MR) is 97.4 cm³/mol. The summed E-state index contributed by atoms with van der Waals surface area (Å²) in [6, 6.07) is 13.5. The maximum absolute atomic E-state index is 12.4. The number of carbonyl (C=O) groups excluding carboxylic acids is 1. The molecule has 0 saturated heterocycles. The summed E-state index contributed by atoms with van der Waals surface area (Å²) < 4.78 is 10.9. The van der Waals surface area contributed by atoms with Crippen molar-refractivity contribution >= 4 is 29.1 Å². The van der Waals surface area contributed by atoms with E-state index in [0.29, 0.717) is 27.6 Å². The highest BCUT2D eigenvalue weighted by atomic mass is 35.5. The topological polar surface area (TPSA) is 77.2 Å². The molecule has 1 atom stereocenters. The van der Waals surface area contributed by atoms with Crippen molar-refractivity contribution in [2.45, 2.75) is 13.0 Å². The van der Waals surface area contributed by atoms with Gasteiger partial charge in [0.1, 0.15) is 11.8 Å². The molecule has 1 aromatic heterocycles. The Morgan fingerprint density at radius 2 is 1.96 bits per heavy atom. The molecule has 0 aliphatic rings. The minimum atomic E-state index is -0.575. The fourth-order valence-corrected chi connectivity index (χ4v) is 2.76. The van der Waals surface area contributed by atoms with Gasteiger partial charge in [-0.2, -0.15) is 0 Å². The van der Waals surface area contributed by atoms with Crippen LogP contribution in [0.3, 0.4) is 0 Å². The van der Waals surface area contributed by atoms with Gasteiger partial charge in [-0.1, -0.05) is 53.5 Å². The Labute approximate surface area is 160 Å². The van der Waals surface area contributed by atoms with Gasteiger partial charge in [0.25, 0.3) is 5.91 Å². The van der Waals surface area contributed by atoms with E-state index in [2.05, 4.69) is 15.5 Å². The van der Waals surface area contributed by atoms with Gasteiger partial charge in [0.2, 0.25) is 11.8 Å². The molecule has 0 radical (unpaired) electrons. The highest BCUT2D eigenvalue weighted by Gasteiger charge is 2.22. The molecule has 2 aromatic carbocycles. The summed E-state index contributed by atoms with van der Waals surface area (Å²) in [5.74, 6) is 0.725. The van der Waals surface area contributed by atoms with Crippen LogP contribution in [0.25, 0.3) is 0 Å². The summed E-state index contributed by atoms with van der Waals surface area (Å²) in [7, 11) is 0. The Morgan fingerprint density at radius 3 is 2.62 bits per heavy atom. The number of amides is 1. The first kappa shape index (κ1) is 18.2. The van der Waals surface area contributed by atoms with E-state index in [1.807, 2.05) is 30.3 Å². The fourth-order valence-electron chi connectivity index (χ4n) is 2.30. The third-order valence-corrected chi connectivity index (χ3v) is 4.01. The van der Waals surface area contributed by atoms with Crippen LogP contribution in [0.5, 0.6) is 5.75 Å². The van der Waals surface area contributed by atoms with Crippen molar-refractivity contribution in [2.24, 2.45) is 0 Å². The Bertz CT molecular complexity index is 900. The summed E-state index contributed by atoms with van der Waals surface area (Å²) in [6.45, 7) is 1.46. The van der Waals surface area contributed by atoms with Crippen LogP contribution in [0, 0.1) is 6.92 Å². The zero-order valence-electron chi connectivity index (χ0n) is 13.8. The zero-order valence-corrected chi connectivity index (χ0v) is 15.3. The maximum Gasteiger partial charge on any atom is 0.258 e. The Morgan fingerprint density at radius 1 is 1.19 bits per heavy atom. The molecule has 1 unspecified atom stereocenters. The number of nitrogens with one attached hydrogen (secondary N) is 1. The molecule has 1 heterocycles. The summed E-state index contributed by atoms with van der Waals surface area (Å²) >= 11 is 11.9. The number of halogens is 2. The van der Waals surface area contributed by atoms with Crippen LogP contribution in [0.2, 0.25) is 10.0 Å². The van der Waals surface area contributed by atoms with Gasteiger partial charge in [0, 0.05) is 11.9 Å². The molecule has 3 aromatic rings. The summed E-state index contributed by atoms with van der Waals surface area (Å²) in [5, 5.41) is 11.5. The lowest BCUT2D eigenvalue weighted by molar-refractivity contribution is -0.123. The van der Waals surface area contributed by atoms with Gasteiger partial charge in [-0.25, -0.2) is 0 Å². The smallest absolute Gasteiger partial charge is 0.258 e. The number of nitrogens with zero attached hydrogens (tertiary/aromatic N) is 2. The lowest BCUT2D eigenvalue weighted by Gasteiger charge is -2.16. The number of carbonyl (C=O) groups is 1. The molecular formula is C18H15Cl2N3O3. The number of hydrogen-bond acceptors (Lipinski definition) is 5. The molecule has 6 nitrogen and oxygen atoms in total. The van der Waals surface area contributed by atoms with Crippen molar-refractivity contribution in [3.8, 4) is 5.75 Å².